The molecule has 5 nitrogen and oxygen atoms in total. The number of hydrogen-bond acceptors (Lipinski definition) is 4. The molecular weight excluding hydrogens is 334 g/mol. The molecular formula is C19H25N3O2S. The van der Waals surface area contributed by atoms with Crippen LogP contribution in [0.1, 0.15) is 43.6 Å². The van der Waals surface area contributed by atoms with Gasteiger partial charge in [-0.25, -0.2) is 4.98 Å². The van der Waals surface area contributed by atoms with Gasteiger partial charge in [0.05, 0.1) is 11.7 Å². The smallest absolute Gasteiger partial charge is 0.262 e. The highest BCUT2D eigenvalue weighted by Gasteiger charge is 2.25. The molecule has 0 radical (unpaired) electrons. The monoisotopic (exact) mass is 359 g/mol. The lowest BCUT2D eigenvalue weighted by Crippen LogP contribution is -2.42. The number of likely N-dealkylation sites (tertiary alicyclic amines) is 1. The second-order valence-electron chi connectivity index (χ2n) is 7.80. The van der Waals surface area contributed by atoms with Crippen LogP contribution in [-0.4, -0.2) is 33.4 Å². The Kier molecular flexibility index (Phi) is 4.40. The minimum atomic E-state index is -0.0459. The fraction of sp³-hybridized carbons (Fsp3) is 0.632. The third kappa shape index (κ3) is 3.12. The number of carbonyl (C=O) groups excluding carboxylic acids is 1. The van der Waals surface area contributed by atoms with Crippen LogP contribution in [0.4, 0.5) is 0 Å². The zero-order chi connectivity index (χ0) is 17.6. The van der Waals surface area contributed by atoms with Gasteiger partial charge in [0.2, 0.25) is 5.91 Å². The summed E-state index contributed by atoms with van der Waals surface area (Å²) < 4.78 is 1.51. The van der Waals surface area contributed by atoms with Crippen molar-refractivity contribution >= 4 is 27.5 Å². The summed E-state index contributed by atoms with van der Waals surface area (Å²) in [5, 5.41) is 0.759. The molecule has 0 bridgehead atoms. The van der Waals surface area contributed by atoms with E-state index in [1.165, 1.54) is 21.4 Å². The molecule has 2 atom stereocenters. The first-order valence-electron chi connectivity index (χ1n) is 9.30. The van der Waals surface area contributed by atoms with Crippen LogP contribution in [0.15, 0.2) is 11.1 Å². The van der Waals surface area contributed by atoms with E-state index in [1.807, 2.05) is 4.90 Å². The van der Waals surface area contributed by atoms with E-state index in [1.54, 1.807) is 17.7 Å². The van der Waals surface area contributed by atoms with E-state index >= 15 is 0 Å². The van der Waals surface area contributed by atoms with Crippen LogP contribution in [0.25, 0.3) is 10.2 Å². The number of aromatic nitrogens is 2. The van der Waals surface area contributed by atoms with Gasteiger partial charge in [-0.15, -0.1) is 11.3 Å². The number of piperidine rings is 1. The molecule has 2 unspecified atom stereocenters. The number of carbonyl (C=O) groups is 1. The number of amides is 1. The lowest BCUT2D eigenvalue weighted by Gasteiger charge is -2.31. The summed E-state index contributed by atoms with van der Waals surface area (Å²) in [6.07, 6.45) is 6.90. The summed E-state index contributed by atoms with van der Waals surface area (Å²) in [5.41, 5.74) is 1.14. The third-order valence-electron chi connectivity index (χ3n) is 5.60. The first kappa shape index (κ1) is 16.8. The Bertz CT molecular complexity index is 869. The average Bonchev–Trinajstić information content (AvgIpc) is 2.95. The molecule has 1 amide bonds. The fourth-order valence-corrected chi connectivity index (χ4v) is 5.48. The maximum atomic E-state index is 13.0. The van der Waals surface area contributed by atoms with Crippen molar-refractivity contribution in [1.29, 1.82) is 0 Å². The van der Waals surface area contributed by atoms with E-state index in [0.29, 0.717) is 11.8 Å². The van der Waals surface area contributed by atoms with Gasteiger partial charge < -0.3 is 4.90 Å². The van der Waals surface area contributed by atoms with Crippen LogP contribution in [0.3, 0.4) is 0 Å². The molecule has 3 heterocycles. The van der Waals surface area contributed by atoms with Crippen molar-refractivity contribution in [3.05, 3.63) is 27.1 Å². The van der Waals surface area contributed by atoms with Gasteiger partial charge in [0.1, 0.15) is 11.4 Å². The quantitative estimate of drug-likeness (QED) is 0.828. The zero-order valence-electron chi connectivity index (χ0n) is 15.0. The van der Waals surface area contributed by atoms with Gasteiger partial charge in [-0.1, -0.05) is 13.8 Å². The minimum absolute atomic E-state index is 0.0347. The highest BCUT2D eigenvalue weighted by Crippen LogP contribution is 2.35. The minimum Gasteiger partial charge on any atom is -0.341 e. The molecule has 1 aliphatic carbocycles. The molecule has 1 fully saturated rings. The Morgan fingerprint density at radius 2 is 2.16 bits per heavy atom. The second-order valence-corrected chi connectivity index (χ2v) is 8.88. The number of fused-ring (bicyclic) bond motifs is 3. The third-order valence-corrected chi connectivity index (χ3v) is 6.76. The first-order valence-corrected chi connectivity index (χ1v) is 10.1. The number of nitrogens with zero attached hydrogens (tertiary/aromatic N) is 3. The molecule has 25 heavy (non-hydrogen) atoms. The average molecular weight is 359 g/mol. The molecule has 2 aliphatic rings. The summed E-state index contributed by atoms with van der Waals surface area (Å²) in [7, 11) is 0. The molecule has 0 N–H and O–H groups in total. The highest BCUT2D eigenvalue weighted by atomic mass is 32.1. The van der Waals surface area contributed by atoms with Crippen molar-refractivity contribution in [3.63, 3.8) is 0 Å². The van der Waals surface area contributed by atoms with Crippen LogP contribution in [-0.2, 0) is 24.2 Å². The Labute approximate surface area is 151 Å². The van der Waals surface area contributed by atoms with E-state index in [0.717, 1.165) is 49.0 Å². The largest absolute Gasteiger partial charge is 0.341 e. The Hall–Kier alpha value is -1.69. The van der Waals surface area contributed by atoms with Crippen molar-refractivity contribution in [1.82, 2.24) is 14.5 Å². The van der Waals surface area contributed by atoms with Gasteiger partial charge in [-0.05, 0) is 49.5 Å². The molecule has 2 aromatic rings. The Balaban J connectivity index is 1.63. The highest BCUT2D eigenvalue weighted by molar-refractivity contribution is 7.18. The predicted octanol–water partition coefficient (Wildman–Crippen LogP) is 2.84. The molecule has 4 rings (SSSR count). The number of rotatable bonds is 2. The zero-order valence-corrected chi connectivity index (χ0v) is 15.8. The van der Waals surface area contributed by atoms with E-state index in [9.17, 15) is 9.59 Å². The van der Waals surface area contributed by atoms with Crippen molar-refractivity contribution in [2.24, 2.45) is 11.8 Å². The fourth-order valence-electron chi connectivity index (χ4n) is 4.14. The van der Waals surface area contributed by atoms with E-state index < -0.39 is 0 Å². The number of thiophene rings is 1. The summed E-state index contributed by atoms with van der Waals surface area (Å²) in [6.45, 7) is 6.15. The van der Waals surface area contributed by atoms with E-state index in [4.69, 9.17) is 0 Å². The number of aryl methyl sites for hydroxylation is 1. The molecule has 1 aliphatic heterocycles. The summed E-state index contributed by atoms with van der Waals surface area (Å²) in [5.74, 6) is 1.25. The molecule has 0 aromatic carbocycles. The Morgan fingerprint density at radius 1 is 1.32 bits per heavy atom. The molecule has 1 saturated heterocycles. The van der Waals surface area contributed by atoms with Crippen molar-refractivity contribution < 1.29 is 4.79 Å². The van der Waals surface area contributed by atoms with E-state index in [2.05, 4.69) is 18.8 Å². The van der Waals surface area contributed by atoms with Gasteiger partial charge in [0.25, 0.3) is 5.56 Å². The normalized spacial score (nSPS) is 23.7. The topological polar surface area (TPSA) is 55.2 Å². The SMILES string of the molecule is CC1CCc2c(sc3ncn(CC(=O)N4CCCC(C)C4)c(=O)c23)C1. The Morgan fingerprint density at radius 3 is 2.96 bits per heavy atom. The van der Waals surface area contributed by atoms with Crippen molar-refractivity contribution in [2.45, 2.75) is 52.5 Å². The standard InChI is InChI=1S/C19H25N3O2S/c1-12-5-6-14-15(8-12)25-18-17(14)19(24)22(11-20-18)10-16(23)21-7-3-4-13(2)9-21/h11-13H,3-10H2,1-2H3. The summed E-state index contributed by atoms with van der Waals surface area (Å²) in [6, 6.07) is 0. The molecule has 134 valence electrons. The number of hydrogen-bond donors (Lipinski definition) is 0. The van der Waals surface area contributed by atoms with Crippen LogP contribution >= 0.6 is 11.3 Å². The molecule has 0 saturated carbocycles. The van der Waals surface area contributed by atoms with Crippen molar-refractivity contribution in [3.8, 4) is 0 Å². The predicted molar refractivity (Wildman–Crippen MR) is 100 cm³/mol. The first-order chi connectivity index (χ1) is 12.0. The van der Waals surface area contributed by atoms with Gasteiger partial charge >= 0.3 is 0 Å². The van der Waals surface area contributed by atoms with Crippen molar-refractivity contribution in [2.75, 3.05) is 13.1 Å². The van der Waals surface area contributed by atoms with Gasteiger partial charge in [-0.2, -0.15) is 0 Å². The molecule has 0 spiro atoms. The van der Waals surface area contributed by atoms with Gasteiger partial charge in [-0.3, -0.25) is 14.2 Å². The maximum absolute atomic E-state index is 13.0. The van der Waals surface area contributed by atoms with Crippen LogP contribution < -0.4 is 5.56 Å². The molecule has 2 aromatic heterocycles. The second kappa shape index (κ2) is 6.56. The maximum Gasteiger partial charge on any atom is 0.262 e. The summed E-state index contributed by atoms with van der Waals surface area (Å²) in [4.78, 5) is 34.1. The summed E-state index contributed by atoms with van der Waals surface area (Å²) >= 11 is 1.65. The van der Waals surface area contributed by atoms with E-state index in [-0.39, 0.29) is 18.0 Å². The lowest BCUT2D eigenvalue weighted by atomic mass is 9.89. The van der Waals surface area contributed by atoms with Crippen LogP contribution in [0, 0.1) is 11.8 Å². The van der Waals surface area contributed by atoms with Gasteiger partial charge in [0.15, 0.2) is 0 Å². The van der Waals surface area contributed by atoms with Crippen LogP contribution in [0.5, 0.6) is 0 Å². The molecule has 6 heteroatoms. The lowest BCUT2D eigenvalue weighted by molar-refractivity contribution is -0.133. The van der Waals surface area contributed by atoms with Crippen LogP contribution in [0.2, 0.25) is 0 Å². The van der Waals surface area contributed by atoms with Gasteiger partial charge in [0, 0.05) is 18.0 Å².